The molecule has 0 bridgehead atoms. The van der Waals surface area contributed by atoms with Crippen LogP contribution in [0.25, 0.3) is 0 Å². The Morgan fingerprint density at radius 3 is 2.65 bits per heavy atom. The normalized spacial score (nSPS) is 19.1. The highest BCUT2D eigenvalue weighted by Gasteiger charge is 2.42. The zero-order chi connectivity index (χ0) is 23.9. The molecule has 0 unspecified atom stereocenters. The fraction of sp³-hybridized carbons (Fsp3) is 0.259. The summed E-state index contributed by atoms with van der Waals surface area (Å²) in [6.07, 6.45) is 2.65. The van der Waals surface area contributed by atoms with Gasteiger partial charge < -0.3 is 20.0 Å². The number of nitrogens with one attached hydrogen (secondary N) is 2. The van der Waals surface area contributed by atoms with E-state index in [0.29, 0.717) is 24.2 Å². The number of fused-ring (bicyclic) bond motifs is 1. The van der Waals surface area contributed by atoms with E-state index in [2.05, 4.69) is 24.5 Å². The van der Waals surface area contributed by atoms with Crippen LogP contribution in [0.1, 0.15) is 38.5 Å². The van der Waals surface area contributed by atoms with Crippen LogP contribution in [-0.4, -0.2) is 18.2 Å². The average molecular weight is 460 g/mol. The molecule has 1 amide bonds. The van der Waals surface area contributed by atoms with Crippen LogP contribution < -0.4 is 15.5 Å². The fourth-order valence-corrected chi connectivity index (χ4v) is 4.88. The van der Waals surface area contributed by atoms with Gasteiger partial charge in [0.25, 0.3) is 0 Å². The van der Waals surface area contributed by atoms with Crippen LogP contribution in [0.5, 0.6) is 0 Å². The third kappa shape index (κ3) is 4.09. The van der Waals surface area contributed by atoms with E-state index in [-0.39, 0.29) is 23.4 Å². The molecule has 7 heteroatoms. The molecule has 2 aliphatic rings. The Hall–Kier alpha value is -3.87. The highest BCUT2D eigenvalue weighted by atomic mass is 19.1. The minimum Gasteiger partial charge on any atom is -0.467 e. The van der Waals surface area contributed by atoms with Crippen LogP contribution in [0.3, 0.4) is 0 Å². The van der Waals surface area contributed by atoms with Crippen molar-refractivity contribution >= 4 is 28.8 Å². The van der Waals surface area contributed by atoms with E-state index in [1.807, 2.05) is 35.2 Å². The Bertz CT molecular complexity index is 1280. The van der Waals surface area contributed by atoms with Crippen molar-refractivity contribution in [3.05, 3.63) is 89.8 Å². The maximum Gasteiger partial charge on any atom is 0.244 e. The summed E-state index contributed by atoms with van der Waals surface area (Å²) in [6.45, 7) is 4.05. The second kappa shape index (κ2) is 8.48. The van der Waals surface area contributed by atoms with Crippen LogP contribution in [0, 0.1) is 11.2 Å². The molecule has 0 saturated heterocycles. The lowest BCUT2D eigenvalue weighted by molar-refractivity contribution is -0.119. The predicted octanol–water partition coefficient (Wildman–Crippen LogP) is 5.67. The third-order valence-electron chi connectivity index (χ3n) is 6.28. The van der Waals surface area contributed by atoms with E-state index in [4.69, 9.17) is 4.42 Å². The summed E-state index contributed by atoms with van der Waals surface area (Å²) in [5.41, 5.74) is 2.92. The molecule has 0 fully saturated rings. The molecule has 2 aromatic carbocycles. The lowest BCUT2D eigenvalue weighted by Crippen LogP contribution is -2.40. The summed E-state index contributed by atoms with van der Waals surface area (Å²) < 4.78 is 20.0. The van der Waals surface area contributed by atoms with Crippen molar-refractivity contribution in [3.63, 3.8) is 0 Å². The van der Waals surface area contributed by atoms with Crippen molar-refractivity contribution in [3.8, 4) is 0 Å². The standard InChI is InChI=1S/C27H26FN3O3/c1-27(2)14-20-25(22(32)15-27)26(23-12-7-13-34-23)31(21-11-6-5-10-19(21)29-20)16-24(33)30-18-9-4-3-8-17(18)28/h3-13,26,29H,14-16H2,1-2H3,(H,30,33)/t26-/m0/s1. The van der Waals surface area contributed by atoms with Gasteiger partial charge in [-0.2, -0.15) is 0 Å². The molecule has 174 valence electrons. The number of ketones is 1. The number of para-hydroxylation sites is 3. The molecule has 6 nitrogen and oxygen atoms in total. The number of furan rings is 1. The summed E-state index contributed by atoms with van der Waals surface area (Å²) >= 11 is 0. The topological polar surface area (TPSA) is 74.6 Å². The number of carbonyl (C=O) groups excluding carboxylic acids is 2. The van der Waals surface area contributed by atoms with Crippen molar-refractivity contribution < 1.29 is 18.4 Å². The van der Waals surface area contributed by atoms with E-state index in [1.54, 1.807) is 24.5 Å². The predicted molar refractivity (Wildman–Crippen MR) is 129 cm³/mol. The molecule has 1 aliphatic carbocycles. The van der Waals surface area contributed by atoms with Crippen LogP contribution in [0.4, 0.5) is 21.5 Å². The number of carbonyl (C=O) groups is 2. The summed E-state index contributed by atoms with van der Waals surface area (Å²) in [7, 11) is 0. The van der Waals surface area contributed by atoms with Crippen LogP contribution in [0.2, 0.25) is 0 Å². The smallest absolute Gasteiger partial charge is 0.244 e. The number of Topliss-reactive ketones (excluding diaryl/α,β-unsaturated/α-hetero) is 1. The van der Waals surface area contributed by atoms with Gasteiger partial charge in [-0.25, -0.2) is 4.39 Å². The molecular weight excluding hydrogens is 433 g/mol. The fourth-order valence-electron chi connectivity index (χ4n) is 4.88. The number of nitrogens with zero attached hydrogens (tertiary/aromatic N) is 1. The van der Waals surface area contributed by atoms with E-state index in [1.165, 1.54) is 12.1 Å². The van der Waals surface area contributed by atoms with E-state index in [9.17, 15) is 14.0 Å². The first-order valence-electron chi connectivity index (χ1n) is 11.3. The molecule has 5 rings (SSSR count). The summed E-state index contributed by atoms with van der Waals surface area (Å²) in [5.74, 6) is -0.319. The van der Waals surface area contributed by atoms with E-state index in [0.717, 1.165) is 17.1 Å². The van der Waals surface area contributed by atoms with Gasteiger partial charge >= 0.3 is 0 Å². The second-order valence-electron chi connectivity index (χ2n) is 9.55. The number of rotatable bonds is 4. The zero-order valence-corrected chi connectivity index (χ0v) is 19.1. The lowest BCUT2D eigenvalue weighted by Gasteiger charge is -2.36. The molecule has 1 aromatic heterocycles. The maximum atomic E-state index is 14.2. The highest BCUT2D eigenvalue weighted by Crippen LogP contribution is 2.48. The van der Waals surface area contributed by atoms with Crippen molar-refractivity contribution in [2.45, 2.75) is 32.7 Å². The van der Waals surface area contributed by atoms with Crippen molar-refractivity contribution in [1.82, 2.24) is 0 Å². The molecule has 34 heavy (non-hydrogen) atoms. The number of anilines is 3. The van der Waals surface area contributed by atoms with Gasteiger partial charge in [-0.3, -0.25) is 9.59 Å². The second-order valence-corrected chi connectivity index (χ2v) is 9.55. The molecule has 0 spiro atoms. The zero-order valence-electron chi connectivity index (χ0n) is 19.1. The highest BCUT2D eigenvalue weighted by molar-refractivity contribution is 6.02. The molecule has 1 aliphatic heterocycles. The van der Waals surface area contributed by atoms with Crippen LogP contribution in [0.15, 0.2) is 82.6 Å². The summed E-state index contributed by atoms with van der Waals surface area (Å²) in [5, 5.41) is 6.15. The summed E-state index contributed by atoms with van der Waals surface area (Å²) in [4.78, 5) is 28.5. The Morgan fingerprint density at radius 2 is 1.88 bits per heavy atom. The third-order valence-corrected chi connectivity index (χ3v) is 6.28. The van der Waals surface area contributed by atoms with Crippen LogP contribution in [-0.2, 0) is 9.59 Å². The lowest BCUT2D eigenvalue weighted by atomic mass is 9.74. The Morgan fingerprint density at radius 1 is 1.12 bits per heavy atom. The van der Waals surface area contributed by atoms with Crippen molar-refractivity contribution in [1.29, 1.82) is 0 Å². The van der Waals surface area contributed by atoms with Crippen molar-refractivity contribution in [2.75, 3.05) is 22.1 Å². The Kier molecular flexibility index (Phi) is 5.48. The number of hydrogen-bond acceptors (Lipinski definition) is 5. The van der Waals surface area contributed by atoms with Crippen molar-refractivity contribution in [2.24, 2.45) is 5.41 Å². The van der Waals surface area contributed by atoms with Gasteiger partial charge in [-0.15, -0.1) is 0 Å². The summed E-state index contributed by atoms with van der Waals surface area (Å²) in [6, 6.07) is 16.7. The number of benzene rings is 2. The first-order valence-corrected chi connectivity index (χ1v) is 11.3. The number of allylic oxidation sites excluding steroid dienone is 1. The molecule has 2 N–H and O–H groups in total. The Labute approximate surface area is 197 Å². The number of hydrogen-bond donors (Lipinski definition) is 2. The Balaban J connectivity index is 1.61. The molecule has 2 heterocycles. The first kappa shape index (κ1) is 21.9. The molecule has 0 saturated carbocycles. The van der Waals surface area contributed by atoms with Gasteiger partial charge in [0, 0.05) is 17.7 Å². The SMILES string of the molecule is CC1(C)CC(=O)C2=C(C1)Nc1ccccc1N(CC(=O)Nc1ccccc1F)[C@H]2c1ccco1. The monoisotopic (exact) mass is 459 g/mol. The minimum atomic E-state index is -0.601. The van der Waals surface area contributed by atoms with Gasteiger partial charge in [0.1, 0.15) is 17.6 Å². The number of amides is 1. The molecular formula is C27H26FN3O3. The van der Waals surface area contributed by atoms with E-state index < -0.39 is 17.8 Å². The quantitative estimate of drug-likeness (QED) is 0.526. The minimum absolute atomic E-state index is 0.0208. The van der Waals surface area contributed by atoms with Crippen LogP contribution >= 0.6 is 0 Å². The van der Waals surface area contributed by atoms with Gasteiger partial charge in [-0.1, -0.05) is 38.1 Å². The molecule has 1 atom stereocenters. The molecule has 3 aromatic rings. The first-order chi connectivity index (χ1) is 16.3. The average Bonchev–Trinajstić information content (AvgIpc) is 3.27. The van der Waals surface area contributed by atoms with E-state index >= 15 is 0 Å². The maximum absolute atomic E-state index is 14.2. The van der Waals surface area contributed by atoms with Gasteiger partial charge in [0.05, 0.1) is 29.9 Å². The van der Waals surface area contributed by atoms with Gasteiger partial charge in [0.2, 0.25) is 5.91 Å². The van der Waals surface area contributed by atoms with Gasteiger partial charge in [0.15, 0.2) is 5.78 Å². The largest absolute Gasteiger partial charge is 0.467 e. The number of halogens is 1. The van der Waals surface area contributed by atoms with Gasteiger partial charge in [-0.05, 0) is 48.2 Å². The molecule has 0 radical (unpaired) electrons.